The van der Waals surface area contributed by atoms with Gasteiger partial charge in [0.25, 0.3) is 0 Å². The Morgan fingerprint density at radius 2 is 2.33 bits per heavy atom. The molecule has 96 valence electrons. The lowest BCUT2D eigenvalue weighted by Crippen LogP contribution is -2.63. The van der Waals surface area contributed by atoms with Gasteiger partial charge in [-0.2, -0.15) is 0 Å². The Balaban J connectivity index is 1.36. The van der Waals surface area contributed by atoms with E-state index in [4.69, 9.17) is 4.42 Å². The van der Waals surface area contributed by atoms with E-state index in [0.717, 1.165) is 30.1 Å². The first-order valence-electron chi connectivity index (χ1n) is 6.90. The Labute approximate surface area is 106 Å². The third kappa shape index (κ3) is 1.41. The number of carbonyl (C=O) groups excluding carboxylic acids is 1. The van der Waals surface area contributed by atoms with E-state index >= 15 is 0 Å². The fraction of sp³-hybridized carbons (Fsp3) is 0.643. The maximum atomic E-state index is 12.1. The summed E-state index contributed by atoms with van der Waals surface area (Å²) in [5.74, 6) is 3.31. The summed E-state index contributed by atoms with van der Waals surface area (Å²) in [7, 11) is 0. The number of carbonyl (C=O) groups is 1. The van der Waals surface area contributed by atoms with E-state index in [1.54, 1.807) is 6.26 Å². The molecule has 4 atom stereocenters. The molecule has 3 fully saturated rings. The molecule has 2 bridgehead atoms. The molecule has 2 heterocycles. The number of hydrogen-bond acceptors (Lipinski definition) is 2. The predicted molar refractivity (Wildman–Crippen MR) is 65.8 cm³/mol. The van der Waals surface area contributed by atoms with Crippen molar-refractivity contribution in [3.05, 3.63) is 24.2 Å². The highest BCUT2D eigenvalue weighted by molar-refractivity contribution is 5.75. The summed E-state index contributed by atoms with van der Waals surface area (Å²) in [6.07, 6.45) is 5.72. The number of rotatable bonds is 2. The first kappa shape index (κ1) is 10.5. The summed E-state index contributed by atoms with van der Waals surface area (Å²) >= 11 is 0. The van der Waals surface area contributed by atoms with Gasteiger partial charge in [0.1, 0.15) is 5.76 Å². The van der Waals surface area contributed by atoms with E-state index < -0.39 is 0 Å². The summed E-state index contributed by atoms with van der Waals surface area (Å²) in [6, 6.07) is 4.36. The summed E-state index contributed by atoms with van der Waals surface area (Å²) in [5, 5.41) is 2.95. The van der Waals surface area contributed by atoms with Crippen LogP contribution in [0.1, 0.15) is 25.0 Å². The van der Waals surface area contributed by atoms with Crippen LogP contribution in [0.2, 0.25) is 0 Å². The largest absolute Gasteiger partial charge is 0.467 e. The SMILES string of the molecule is O=C(NCc1ccco1)N1CC2C3CCC(C3)C21. The molecule has 0 radical (unpaired) electrons. The van der Waals surface area contributed by atoms with Crippen molar-refractivity contribution in [3.8, 4) is 0 Å². The van der Waals surface area contributed by atoms with Gasteiger partial charge in [-0.15, -0.1) is 0 Å². The van der Waals surface area contributed by atoms with Gasteiger partial charge in [-0.3, -0.25) is 0 Å². The van der Waals surface area contributed by atoms with Gasteiger partial charge >= 0.3 is 6.03 Å². The van der Waals surface area contributed by atoms with Crippen molar-refractivity contribution >= 4 is 6.03 Å². The van der Waals surface area contributed by atoms with Crippen LogP contribution in [-0.2, 0) is 6.54 Å². The Morgan fingerprint density at radius 1 is 1.44 bits per heavy atom. The monoisotopic (exact) mass is 246 g/mol. The van der Waals surface area contributed by atoms with Gasteiger partial charge in [-0.25, -0.2) is 4.79 Å². The minimum absolute atomic E-state index is 0.0835. The lowest BCUT2D eigenvalue weighted by molar-refractivity contribution is 0.0120. The Morgan fingerprint density at radius 3 is 3.11 bits per heavy atom. The topological polar surface area (TPSA) is 45.5 Å². The van der Waals surface area contributed by atoms with Crippen molar-refractivity contribution in [1.82, 2.24) is 10.2 Å². The highest BCUT2D eigenvalue weighted by Crippen LogP contribution is 2.55. The van der Waals surface area contributed by atoms with Crippen molar-refractivity contribution < 1.29 is 9.21 Å². The Bertz CT molecular complexity index is 454. The molecule has 1 saturated heterocycles. The molecule has 4 rings (SSSR count). The maximum absolute atomic E-state index is 12.1. The highest BCUT2D eigenvalue weighted by Gasteiger charge is 2.57. The molecule has 1 aromatic heterocycles. The lowest BCUT2D eigenvalue weighted by atomic mass is 9.77. The van der Waals surface area contributed by atoms with E-state index in [0.29, 0.717) is 12.6 Å². The molecule has 4 unspecified atom stereocenters. The average Bonchev–Trinajstić information content (AvgIpc) is 2.99. The fourth-order valence-corrected chi connectivity index (χ4v) is 4.23. The molecule has 0 spiro atoms. The van der Waals surface area contributed by atoms with Crippen molar-refractivity contribution in [2.45, 2.75) is 31.8 Å². The molecule has 1 aliphatic heterocycles. The first-order chi connectivity index (χ1) is 8.83. The quantitative estimate of drug-likeness (QED) is 0.869. The van der Waals surface area contributed by atoms with Crippen LogP contribution in [0.3, 0.4) is 0 Å². The summed E-state index contributed by atoms with van der Waals surface area (Å²) in [4.78, 5) is 14.2. The number of furan rings is 1. The smallest absolute Gasteiger partial charge is 0.318 e. The highest BCUT2D eigenvalue weighted by atomic mass is 16.3. The summed E-state index contributed by atoms with van der Waals surface area (Å²) in [6.45, 7) is 1.46. The third-order valence-electron chi connectivity index (χ3n) is 5.06. The van der Waals surface area contributed by atoms with Gasteiger partial charge in [0, 0.05) is 18.5 Å². The van der Waals surface area contributed by atoms with Crippen LogP contribution in [0.15, 0.2) is 22.8 Å². The number of amides is 2. The number of nitrogens with one attached hydrogen (secondary N) is 1. The van der Waals surface area contributed by atoms with Crippen molar-refractivity contribution in [3.63, 3.8) is 0 Å². The van der Waals surface area contributed by atoms with E-state index in [1.165, 1.54) is 19.3 Å². The molecule has 2 saturated carbocycles. The zero-order valence-electron chi connectivity index (χ0n) is 10.3. The zero-order valence-corrected chi connectivity index (χ0v) is 10.3. The second-order valence-corrected chi connectivity index (χ2v) is 5.88. The molecule has 4 heteroatoms. The molecular formula is C14H18N2O2. The van der Waals surface area contributed by atoms with Crippen LogP contribution in [0.25, 0.3) is 0 Å². The van der Waals surface area contributed by atoms with Gasteiger partial charge in [-0.1, -0.05) is 0 Å². The summed E-state index contributed by atoms with van der Waals surface area (Å²) < 4.78 is 5.22. The molecule has 4 nitrogen and oxygen atoms in total. The van der Waals surface area contributed by atoms with Crippen LogP contribution < -0.4 is 5.32 Å². The molecule has 1 N–H and O–H groups in total. The zero-order chi connectivity index (χ0) is 12.1. The van der Waals surface area contributed by atoms with E-state index in [9.17, 15) is 4.79 Å². The Hall–Kier alpha value is -1.45. The number of nitrogens with zero attached hydrogens (tertiary/aromatic N) is 1. The summed E-state index contributed by atoms with van der Waals surface area (Å²) in [5.41, 5.74) is 0. The standard InChI is InChI=1S/C14H18N2O2/c17-14(15-7-11-2-1-5-18-11)16-8-12-9-3-4-10(6-9)13(12)16/h1-2,5,9-10,12-13H,3-4,6-8H2,(H,15,17). The van der Waals surface area contributed by atoms with Gasteiger partial charge in [0.2, 0.25) is 0 Å². The maximum Gasteiger partial charge on any atom is 0.318 e. The van der Waals surface area contributed by atoms with Crippen LogP contribution in [0.4, 0.5) is 4.79 Å². The molecule has 0 aromatic carbocycles. The van der Waals surface area contributed by atoms with Crippen LogP contribution in [-0.4, -0.2) is 23.5 Å². The molecule has 18 heavy (non-hydrogen) atoms. The second-order valence-electron chi connectivity index (χ2n) is 5.88. The lowest BCUT2D eigenvalue weighted by Gasteiger charge is -2.50. The van der Waals surface area contributed by atoms with E-state index in [1.807, 2.05) is 17.0 Å². The Kier molecular flexibility index (Phi) is 2.19. The van der Waals surface area contributed by atoms with Crippen LogP contribution >= 0.6 is 0 Å². The fourth-order valence-electron chi connectivity index (χ4n) is 4.23. The molecule has 2 amide bonds. The number of urea groups is 1. The second kappa shape index (κ2) is 3.77. The van der Waals surface area contributed by atoms with Crippen LogP contribution in [0.5, 0.6) is 0 Å². The number of hydrogen-bond donors (Lipinski definition) is 1. The van der Waals surface area contributed by atoms with E-state index in [-0.39, 0.29) is 6.03 Å². The van der Waals surface area contributed by atoms with Gasteiger partial charge in [-0.05, 0) is 43.2 Å². The average molecular weight is 246 g/mol. The van der Waals surface area contributed by atoms with Gasteiger partial charge < -0.3 is 14.6 Å². The predicted octanol–water partition coefficient (Wildman–Crippen LogP) is 2.22. The minimum atomic E-state index is 0.0835. The molecule has 1 aromatic rings. The molecular weight excluding hydrogens is 228 g/mol. The van der Waals surface area contributed by atoms with Crippen LogP contribution in [0, 0.1) is 17.8 Å². The number of fused-ring (bicyclic) bond motifs is 5. The van der Waals surface area contributed by atoms with E-state index in [2.05, 4.69) is 5.32 Å². The first-order valence-corrected chi connectivity index (χ1v) is 6.90. The van der Waals surface area contributed by atoms with Crippen molar-refractivity contribution in [2.24, 2.45) is 17.8 Å². The molecule has 3 aliphatic rings. The number of likely N-dealkylation sites (tertiary alicyclic amines) is 1. The third-order valence-corrected chi connectivity index (χ3v) is 5.06. The van der Waals surface area contributed by atoms with Crippen molar-refractivity contribution in [1.29, 1.82) is 0 Å². The van der Waals surface area contributed by atoms with Gasteiger partial charge in [0.05, 0.1) is 12.8 Å². The normalized spacial score (nSPS) is 36.3. The van der Waals surface area contributed by atoms with Gasteiger partial charge in [0.15, 0.2) is 0 Å². The molecule has 2 aliphatic carbocycles. The van der Waals surface area contributed by atoms with Crippen molar-refractivity contribution in [2.75, 3.05) is 6.54 Å². The minimum Gasteiger partial charge on any atom is -0.467 e.